The van der Waals surface area contributed by atoms with Crippen molar-refractivity contribution in [3.8, 4) is 0 Å². The van der Waals surface area contributed by atoms with E-state index in [0.717, 1.165) is 37.8 Å². The average Bonchev–Trinajstić information content (AvgIpc) is 3.45. The zero-order chi connectivity index (χ0) is 23.6. The molecule has 2 aliphatic heterocycles. The van der Waals surface area contributed by atoms with E-state index in [2.05, 4.69) is 10.2 Å². The van der Waals surface area contributed by atoms with Crippen LogP contribution in [0.5, 0.6) is 0 Å². The Morgan fingerprint density at radius 2 is 1.82 bits per heavy atom. The minimum Gasteiger partial charge on any atom is -0.394 e. The van der Waals surface area contributed by atoms with E-state index in [-0.39, 0.29) is 25.0 Å². The summed E-state index contributed by atoms with van der Waals surface area (Å²) in [5.74, 6) is 0.0329. The van der Waals surface area contributed by atoms with E-state index in [1.165, 1.54) is 6.07 Å². The summed E-state index contributed by atoms with van der Waals surface area (Å²) in [6.45, 7) is 1.96. The first kappa shape index (κ1) is 24.3. The molecule has 1 aromatic rings. The fourth-order valence-electron chi connectivity index (χ4n) is 5.29. The number of aliphatic hydroxyl groups is 2. The number of carbonyl (C=O) groups is 1. The van der Waals surface area contributed by atoms with Crippen LogP contribution in [0.15, 0.2) is 24.3 Å². The summed E-state index contributed by atoms with van der Waals surface area (Å²) in [5, 5.41) is 23.3. The predicted octanol–water partition coefficient (Wildman–Crippen LogP) is 1.62. The third kappa shape index (κ3) is 5.45. The topological polar surface area (TPSA) is 85.3 Å². The first-order chi connectivity index (χ1) is 15.8. The number of piperazine rings is 1. The van der Waals surface area contributed by atoms with E-state index in [1.54, 1.807) is 6.07 Å². The molecular formula is C23H32F3N3O4. The van der Waals surface area contributed by atoms with Crippen LogP contribution >= 0.6 is 0 Å². The molecule has 3 N–H and O–H groups in total. The number of aliphatic hydroxyl groups excluding tert-OH is 2. The van der Waals surface area contributed by atoms with Gasteiger partial charge in [-0.25, -0.2) is 0 Å². The minimum atomic E-state index is -4.39. The van der Waals surface area contributed by atoms with E-state index in [4.69, 9.17) is 4.74 Å². The molecule has 0 aromatic heterocycles. The fourth-order valence-corrected chi connectivity index (χ4v) is 5.29. The maximum Gasteiger partial charge on any atom is 0.416 e. The van der Waals surface area contributed by atoms with Gasteiger partial charge in [-0.1, -0.05) is 18.9 Å². The predicted molar refractivity (Wildman–Crippen MR) is 116 cm³/mol. The van der Waals surface area contributed by atoms with Gasteiger partial charge in [-0.2, -0.15) is 13.2 Å². The number of alkyl halides is 3. The zero-order valence-corrected chi connectivity index (χ0v) is 18.5. The number of amides is 1. The van der Waals surface area contributed by atoms with Crippen molar-refractivity contribution >= 4 is 11.6 Å². The second kappa shape index (κ2) is 10.2. The molecular weight excluding hydrogens is 439 g/mol. The highest BCUT2D eigenvalue weighted by molar-refractivity contribution is 5.78. The molecule has 10 heteroatoms. The molecule has 2 saturated heterocycles. The number of nitrogens with zero attached hydrogens (tertiary/aromatic N) is 2. The number of rotatable bonds is 6. The molecule has 3 aliphatic rings. The van der Waals surface area contributed by atoms with Crippen LogP contribution in [0.1, 0.15) is 31.2 Å². The molecule has 4 rings (SSSR count). The molecule has 33 heavy (non-hydrogen) atoms. The van der Waals surface area contributed by atoms with Crippen molar-refractivity contribution in [1.29, 1.82) is 0 Å². The third-order valence-electron chi connectivity index (χ3n) is 7.12. The number of hydrogen-bond acceptors (Lipinski definition) is 6. The highest BCUT2D eigenvalue weighted by Gasteiger charge is 2.47. The fraction of sp³-hybridized carbons (Fsp3) is 0.696. The van der Waals surface area contributed by atoms with Gasteiger partial charge < -0.3 is 25.2 Å². The molecule has 184 valence electrons. The summed E-state index contributed by atoms with van der Waals surface area (Å²) in [7, 11) is 0. The Kier molecular flexibility index (Phi) is 7.47. The number of carbonyl (C=O) groups excluding carboxylic acids is 1. The summed E-state index contributed by atoms with van der Waals surface area (Å²) in [4.78, 5) is 16.4. The van der Waals surface area contributed by atoms with Gasteiger partial charge in [0.25, 0.3) is 0 Å². The van der Waals surface area contributed by atoms with E-state index in [9.17, 15) is 28.2 Å². The Labute approximate surface area is 191 Å². The average molecular weight is 472 g/mol. The molecule has 1 aromatic carbocycles. The quantitative estimate of drug-likeness (QED) is 0.585. The van der Waals surface area contributed by atoms with Crippen molar-refractivity contribution in [1.82, 2.24) is 10.2 Å². The lowest BCUT2D eigenvalue weighted by molar-refractivity contribution is -0.137. The standard InChI is InChI=1S/C23H32F3N3O4/c24-23(25,26)16-6-3-7-17(12-16)28-8-10-29(11-9-28)20-18(33-19(14-30)21(20)31)13-27-22(32)15-4-1-2-5-15/h3,6-7,12,15,18-21,30-31H,1-2,4-5,8-11,13-14H2,(H,27,32)/t18-,19+,20-,21-/m1/s1. The molecule has 0 spiro atoms. The highest BCUT2D eigenvalue weighted by atomic mass is 19.4. The summed E-state index contributed by atoms with van der Waals surface area (Å²) in [5.41, 5.74) is -0.160. The Balaban J connectivity index is 1.38. The van der Waals surface area contributed by atoms with Crippen molar-refractivity contribution in [3.63, 3.8) is 0 Å². The van der Waals surface area contributed by atoms with Crippen LogP contribution < -0.4 is 10.2 Å². The lowest BCUT2D eigenvalue weighted by atomic mass is 10.0. The van der Waals surface area contributed by atoms with Gasteiger partial charge in [0.05, 0.1) is 24.3 Å². The monoisotopic (exact) mass is 471 g/mol. The van der Waals surface area contributed by atoms with Crippen molar-refractivity contribution in [3.05, 3.63) is 29.8 Å². The molecule has 0 bridgehead atoms. The van der Waals surface area contributed by atoms with E-state index in [1.807, 2.05) is 4.90 Å². The molecule has 7 nitrogen and oxygen atoms in total. The second-order valence-electron chi connectivity index (χ2n) is 9.17. The van der Waals surface area contributed by atoms with Crippen LogP contribution in [0, 0.1) is 5.92 Å². The number of benzene rings is 1. The van der Waals surface area contributed by atoms with Gasteiger partial charge in [0.15, 0.2) is 0 Å². The van der Waals surface area contributed by atoms with E-state index >= 15 is 0 Å². The highest BCUT2D eigenvalue weighted by Crippen LogP contribution is 2.33. The Morgan fingerprint density at radius 3 is 2.45 bits per heavy atom. The van der Waals surface area contributed by atoms with Gasteiger partial charge in [-0.3, -0.25) is 9.69 Å². The molecule has 3 fully saturated rings. The number of anilines is 1. The summed E-state index contributed by atoms with van der Waals surface area (Å²) in [6, 6.07) is 4.89. The lowest BCUT2D eigenvalue weighted by Crippen LogP contribution is -2.57. The van der Waals surface area contributed by atoms with Crippen molar-refractivity contribution in [2.75, 3.05) is 44.2 Å². The van der Waals surface area contributed by atoms with Crippen molar-refractivity contribution < 1.29 is 32.9 Å². The first-order valence-electron chi connectivity index (χ1n) is 11.7. The number of halogens is 3. The molecule has 0 radical (unpaired) electrons. The lowest BCUT2D eigenvalue weighted by Gasteiger charge is -2.41. The summed E-state index contributed by atoms with van der Waals surface area (Å²) < 4.78 is 45.1. The van der Waals surface area contributed by atoms with Gasteiger partial charge in [-0.05, 0) is 31.0 Å². The SMILES string of the molecule is O=C(NC[C@H]1O[C@@H](CO)[C@@H](O)[C@@H]1N1CCN(c2cccc(C(F)(F)F)c2)CC1)C1CCCC1. The Morgan fingerprint density at radius 1 is 1.12 bits per heavy atom. The van der Waals surface area contributed by atoms with Gasteiger partial charge in [0.2, 0.25) is 5.91 Å². The van der Waals surface area contributed by atoms with Crippen LogP contribution in [0.2, 0.25) is 0 Å². The zero-order valence-electron chi connectivity index (χ0n) is 18.5. The van der Waals surface area contributed by atoms with Gasteiger partial charge in [0.1, 0.15) is 12.2 Å². The molecule has 2 heterocycles. The largest absolute Gasteiger partial charge is 0.416 e. The molecule has 4 atom stereocenters. The molecule has 1 aliphatic carbocycles. The maximum absolute atomic E-state index is 13.1. The smallest absolute Gasteiger partial charge is 0.394 e. The Bertz CT molecular complexity index is 810. The van der Waals surface area contributed by atoms with Gasteiger partial charge >= 0.3 is 6.18 Å². The van der Waals surface area contributed by atoms with Crippen LogP contribution in [0.4, 0.5) is 18.9 Å². The number of ether oxygens (including phenoxy) is 1. The van der Waals surface area contributed by atoms with Crippen LogP contribution in [0.3, 0.4) is 0 Å². The van der Waals surface area contributed by atoms with Crippen LogP contribution in [0.25, 0.3) is 0 Å². The summed E-state index contributed by atoms with van der Waals surface area (Å²) >= 11 is 0. The Hall–Kier alpha value is -1.88. The molecule has 1 saturated carbocycles. The van der Waals surface area contributed by atoms with E-state index in [0.29, 0.717) is 31.9 Å². The number of hydrogen-bond donors (Lipinski definition) is 3. The second-order valence-corrected chi connectivity index (χ2v) is 9.17. The first-order valence-corrected chi connectivity index (χ1v) is 11.7. The third-order valence-corrected chi connectivity index (χ3v) is 7.12. The van der Waals surface area contributed by atoms with Crippen LogP contribution in [-0.4, -0.2) is 84.7 Å². The normalized spacial score (nSPS) is 29.5. The van der Waals surface area contributed by atoms with Gasteiger partial charge in [-0.15, -0.1) is 0 Å². The van der Waals surface area contributed by atoms with Crippen molar-refractivity contribution in [2.24, 2.45) is 5.92 Å². The van der Waals surface area contributed by atoms with Crippen LogP contribution in [-0.2, 0) is 15.7 Å². The van der Waals surface area contributed by atoms with Crippen molar-refractivity contribution in [2.45, 2.75) is 56.2 Å². The number of nitrogens with one attached hydrogen (secondary N) is 1. The minimum absolute atomic E-state index is 0.00570. The van der Waals surface area contributed by atoms with Gasteiger partial charge in [0, 0.05) is 44.3 Å². The molecule has 0 unspecified atom stereocenters. The molecule has 1 amide bonds. The van der Waals surface area contributed by atoms with E-state index < -0.39 is 36.1 Å². The maximum atomic E-state index is 13.1. The summed E-state index contributed by atoms with van der Waals surface area (Å²) in [6.07, 6.45) is -2.61.